The van der Waals surface area contributed by atoms with Gasteiger partial charge in [-0.2, -0.15) is 0 Å². The van der Waals surface area contributed by atoms with E-state index >= 15 is 0 Å². The number of benzene rings is 3. The normalized spacial score (nSPS) is 12.8. The number of ether oxygens (including phenoxy) is 2. The van der Waals surface area contributed by atoms with Crippen molar-refractivity contribution in [1.82, 2.24) is 0 Å². The number of carbonyl (C=O) groups excluding carboxylic acids is 1. The van der Waals surface area contributed by atoms with Crippen LogP contribution in [0.3, 0.4) is 0 Å². The number of hydrogen-bond donors (Lipinski definition) is 1. The molecule has 1 amide bonds. The summed E-state index contributed by atoms with van der Waals surface area (Å²) in [6.07, 6.45) is 0. The number of para-hydroxylation sites is 1. The number of sulfonamides is 1. The molecule has 4 rings (SSSR count). The van der Waals surface area contributed by atoms with Gasteiger partial charge in [0.25, 0.3) is 15.9 Å². The van der Waals surface area contributed by atoms with Crippen molar-refractivity contribution in [1.29, 1.82) is 0 Å². The van der Waals surface area contributed by atoms with Crippen LogP contribution in [0.25, 0.3) is 0 Å². The summed E-state index contributed by atoms with van der Waals surface area (Å²) in [4.78, 5) is 12.8. The van der Waals surface area contributed by atoms with Crippen molar-refractivity contribution < 1.29 is 22.7 Å². The Morgan fingerprint density at radius 3 is 2.52 bits per heavy atom. The maximum atomic E-state index is 13.0. The molecule has 1 aliphatic rings. The maximum absolute atomic E-state index is 13.0. The molecule has 0 radical (unpaired) electrons. The molecule has 1 aliphatic heterocycles. The van der Waals surface area contributed by atoms with Crippen LogP contribution in [0.15, 0.2) is 71.6 Å². The van der Waals surface area contributed by atoms with Crippen LogP contribution < -0.4 is 19.1 Å². The summed E-state index contributed by atoms with van der Waals surface area (Å²) in [5, 5.41) is 2.97. The Labute approximate surface area is 185 Å². The van der Waals surface area contributed by atoms with E-state index in [0.717, 1.165) is 0 Å². The van der Waals surface area contributed by atoms with Crippen LogP contribution in [0, 0.1) is 0 Å². The van der Waals surface area contributed by atoms with Crippen molar-refractivity contribution in [2.24, 2.45) is 0 Å². The van der Waals surface area contributed by atoms with Crippen LogP contribution in [-0.2, 0) is 10.0 Å². The first-order valence-corrected chi connectivity index (χ1v) is 11.2. The van der Waals surface area contributed by atoms with Crippen LogP contribution in [0.4, 0.5) is 11.4 Å². The Balaban J connectivity index is 1.58. The summed E-state index contributed by atoms with van der Waals surface area (Å²) in [5.41, 5.74) is 1.13. The van der Waals surface area contributed by atoms with Crippen molar-refractivity contribution in [2.75, 3.05) is 29.9 Å². The van der Waals surface area contributed by atoms with Gasteiger partial charge >= 0.3 is 0 Å². The third-order valence-electron chi connectivity index (χ3n) is 4.73. The van der Waals surface area contributed by atoms with E-state index in [0.29, 0.717) is 36.1 Å². The molecule has 0 aliphatic carbocycles. The Hall–Kier alpha value is -3.23. The van der Waals surface area contributed by atoms with Gasteiger partial charge in [-0.3, -0.25) is 9.10 Å². The fraction of sp³-hybridized carbons (Fsp3) is 0.136. The van der Waals surface area contributed by atoms with E-state index in [1.807, 2.05) is 6.07 Å². The highest BCUT2D eigenvalue weighted by atomic mass is 35.5. The minimum absolute atomic E-state index is 0.0526. The average Bonchev–Trinajstić information content (AvgIpc) is 2.79. The van der Waals surface area contributed by atoms with Gasteiger partial charge in [0.1, 0.15) is 13.2 Å². The van der Waals surface area contributed by atoms with Crippen molar-refractivity contribution in [3.05, 3.63) is 77.3 Å². The Kier molecular flexibility index (Phi) is 5.75. The molecule has 160 valence electrons. The van der Waals surface area contributed by atoms with E-state index in [1.54, 1.807) is 42.5 Å². The standard InChI is InChI=1S/C22H19ClN2O5S/c1-25(17-7-3-2-4-8-17)31(27,28)18-9-5-6-16(14-18)24-22(26)15-12-19(23)21-20(13-15)29-10-11-30-21/h2-9,12-14H,10-11H2,1H3,(H,24,26). The maximum Gasteiger partial charge on any atom is 0.264 e. The lowest BCUT2D eigenvalue weighted by molar-refractivity contribution is 0.102. The number of carbonyl (C=O) groups is 1. The Bertz CT molecular complexity index is 1230. The lowest BCUT2D eigenvalue weighted by Gasteiger charge is -2.20. The molecule has 3 aromatic rings. The second-order valence-electron chi connectivity index (χ2n) is 6.77. The first-order valence-electron chi connectivity index (χ1n) is 9.41. The molecule has 9 heteroatoms. The zero-order valence-corrected chi connectivity index (χ0v) is 18.1. The topological polar surface area (TPSA) is 84.9 Å². The summed E-state index contributed by atoms with van der Waals surface area (Å²) in [6, 6.07) is 17.8. The summed E-state index contributed by atoms with van der Waals surface area (Å²) in [6.45, 7) is 0.750. The molecule has 0 spiro atoms. The summed E-state index contributed by atoms with van der Waals surface area (Å²) >= 11 is 6.20. The average molecular weight is 459 g/mol. The first-order chi connectivity index (χ1) is 14.9. The number of halogens is 1. The Morgan fingerprint density at radius 1 is 1.00 bits per heavy atom. The van der Waals surface area contributed by atoms with Crippen LogP contribution >= 0.6 is 11.6 Å². The minimum atomic E-state index is -3.81. The van der Waals surface area contributed by atoms with Crippen LogP contribution in [-0.4, -0.2) is 34.6 Å². The number of nitrogens with zero attached hydrogens (tertiary/aromatic N) is 1. The Morgan fingerprint density at radius 2 is 1.74 bits per heavy atom. The van der Waals surface area contributed by atoms with E-state index in [2.05, 4.69) is 5.32 Å². The van der Waals surface area contributed by atoms with Crippen molar-refractivity contribution >= 4 is 38.9 Å². The number of fused-ring (bicyclic) bond motifs is 1. The molecule has 0 saturated heterocycles. The molecule has 0 atom stereocenters. The molecule has 1 heterocycles. The number of rotatable bonds is 5. The predicted octanol–water partition coefficient (Wildman–Crippen LogP) is 4.19. The zero-order valence-electron chi connectivity index (χ0n) is 16.5. The fourth-order valence-corrected chi connectivity index (χ4v) is 4.62. The number of amides is 1. The molecular formula is C22H19ClN2O5S. The molecule has 31 heavy (non-hydrogen) atoms. The van der Waals surface area contributed by atoms with Gasteiger partial charge in [0.15, 0.2) is 11.5 Å². The number of nitrogens with one attached hydrogen (secondary N) is 1. The van der Waals surface area contributed by atoms with E-state index in [9.17, 15) is 13.2 Å². The smallest absolute Gasteiger partial charge is 0.264 e. The van der Waals surface area contributed by atoms with Gasteiger partial charge in [0, 0.05) is 18.3 Å². The van der Waals surface area contributed by atoms with E-state index < -0.39 is 15.9 Å². The van der Waals surface area contributed by atoms with Crippen LogP contribution in [0.5, 0.6) is 11.5 Å². The molecule has 3 aromatic carbocycles. The van der Waals surface area contributed by atoms with Gasteiger partial charge in [-0.1, -0.05) is 35.9 Å². The first kappa shape index (κ1) is 21.0. The number of anilines is 2. The molecular weight excluding hydrogens is 440 g/mol. The van der Waals surface area contributed by atoms with Gasteiger partial charge in [0.2, 0.25) is 0 Å². The molecule has 7 nitrogen and oxygen atoms in total. The summed E-state index contributed by atoms with van der Waals surface area (Å²) < 4.78 is 38.2. The molecule has 0 bridgehead atoms. The summed E-state index contributed by atoms with van der Waals surface area (Å²) in [5.74, 6) is 0.344. The van der Waals surface area contributed by atoms with Crippen LogP contribution in [0.2, 0.25) is 5.02 Å². The second-order valence-corrected chi connectivity index (χ2v) is 9.15. The monoisotopic (exact) mass is 458 g/mol. The minimum Gasteiger partial charge on any atom is -0.486 e. The highest BCUT2D eigenvalue weighted by Gasteiger charge is 2.23. The third kappa shape index (κ3) is 4.30. The molecule has 0 saturated carbocycles. The second kappa shape index (κ2) is 8.49. The molecule has 1 N–H and O–H groups in total. The highest BCUT2D eigenvalue weighted by Crippen LogP contribution is 2.38. The number of hydrogen-bond acceptors (Lipinski definition) is 5. The molecule has 0 unspecified atom stereocenters. The highest BCUT2D eigenvalue weighted by molar-refractivity contribution is 7.92. The SMILES string of the molecule is CN(c1ccccc1)S(=O)(=O)c1cccc(NC(=O)c2cc(Cl)c3c(c2)OCCO3)c1. The lowest BCUT2D eigenvalue weighted by atomic mass is 10.1. The van der Waals surface area contributed by atoms with Gasteiger partial charge in [-0.25, -0.2) is 8.42 Å². The molecule has 0 fully saturated rings. The van der Waals surface area contributed by atoms with Gasteiger partial charge in [0.05, 0.1) is 15.6 Å². The predicted molar refractivity (Wildman–Crippen MR) is 119 cm³/mol. The van der Waals surface area contributed by atoms with Gasteiger partial charge in [-0.05, 0) is 42.5 Å². The summed E-state index contributed by atoms with van der Waals surface area (Å²) in [7, 11) is -2.33. The van der Waals surface area contributed by atoms with E-state index in [1.165, 1.54) is 29.6 Å². The lowest BCUT2D eigenvalue weighted by Crippen LogP contribution is -2.26. The van der Waals surface area contributed by atoms with Gasteiger partial charge < -0.3 is 14.8 Å². The molecule has 0 aromatic heterocycles. The van der Waals surface area contributed by atoms with E-state index in [4.69, 9.17) is 21.1 Å². The van der Waals surface area contributed by atoms with E-state index in [-0.39, 0.29) is 15.5 Å². The largest absolute Gasteiger partial charge is 0.486 e. The van der Waals surface area contributed by atoms with Crippen molar-refractivity contribution in [3.8, 4) is 11.5 Å². The fourth-order valence-electron chi connectivity index (χ4n) is 3.11. The van der Waals surface area contributed by atoms with Gasteiger partial charge in [-0.15, -0.1) is 0 Å². The zero-order chi connectivity index (χ0) is 22.0. The third-order valence-corrected chi connectivity index (χ3v) is 6.79. The quantitative estimate of drug-likeness (QED) is 0.619. The van der Waals surface area contributed by atoms with Crippen LogP contribution in [0.1, 0.15) is 10.4 Å². The van der Waals surface area contributed by atoms with Crippen molar-refractivity contribution in [2.45, 2.75) is 4.90 Å². The van der Waals surface area contributed by atoms with Crippen molar-refractivity contribution in [3.63, 3.8) is 0 Å².